The monoisotopic (exact) mass is 320 g/mol. The number of aryl methyl sites for hydroxylation is 1. The van der Waals surface area contributed by atoms with Gasteiger partial charge in [0, 0.05) is 18.3 Å². The first kappa shape index (κ1) is 15.2. The summed E-state index contributed by atoms with van der Waals surface area (Å²) in [4.78, 5) is 8.73. The van der Waals surface area contributed by atoms with E-state index in [1.165, 1.54) is 44.1 Å². The lowest BCUT2D eigenvalue weighted by molar-refractivity contribution is 0.325. The Hall–Kier alpha value is -2.36. The lowest BCUT2D eigenvalue weighted by Crippen LogP contribution is -2.10. The molecule has 0 atom stereocenters. The molecule has 1 aliphatic rings. The summed E-state index contributed by atoms with van der Waals surface area (Å²) in [6.45, 7) is 1.00. The third-order valence-corrected chi connectivity index (χ3v) is 5.27. The molecule has 0 unspecified atom stereocenters. The van der Waals surface area contributed by atoms with E-state index in [0.29, 0.717) is 5.82 Å². The molecule has 4 rings (SSSR count). The quantitative estimate of drug-likeness (QED) is 0.761. The van der Waals surface area contributed by atoms with Crippen molar-refractivity contribution in [3.05, 3.63) is 42.9 Å². The predicted molar refractivity (Wildman–Crippen MR) is 98.6 cm³/mol. The molecule has 0 bridgehead atoms. The summed E-state index contributed by atoms with van der Waals surface area (Å²) in [5, 5.41) is 0.979. The molecule has 4 heteroatoms. The highest BCUT2D eigenvalue weighted by atomic mass is 15.1. The van der Waals surface area contributed by atoms with Gasteiger partial charge in [0.15, 0.2) is 0 Å². The van der Waals surface area contributed by atoms with E-state index in [1.54, 1.807) is 6.33 Å². The van der Waals surface area contributed by atoms with E-state index in [-0.39, 0.29) is 0 Å². The average Bonchev–Trinajstić information content (AvgIpc) is 3.02. The van der Waals surface area contributed by atoms with Crippen molar-refractivity contribution in [2.24, 2.45) is 5.92 Å². The van der Waals surface area contributed by atoms with Crippen molar-refractivity contribution in [1.29, 1.82) is 0 Å². The minimum Gasteiger partial charge on any atom is -0.383 e. The lowest BCUT2D eigenvalue weighted by Gasteiger charge is -2.21. The molecule has 3 aromatic rings. The van der Waals surface area contributed by atoms with E-state index in [2.05, 4.69) is 45.0 Å². The summed E-state index contributed by atoms with van der Waals surface area (Å²) in [5.74, 6) is 1.42. The van der Waals surface area contributed by atoms with E-state index in [1.807, 2.05) is 6.07 Å². The van der Waals surface area contributed by atoms with Gasteiger partial charge in [0.1, 0.15) is 17.8 Å². The number of benzene rings is 1. The average molecular weight is 320 g/mol. The molecule has 24 heavy (non-hydrogen) atoms. The summed E-state index contributed by atoms with van der Waals surface area (Å²) < 4.78 is 2.27. The molecule has 1 aromatic carbocycles. The van der Waals surface area contributed by atoms with Crippen molar-refractivity contribution in [2.45, 2.75) is 45.1 Å². The SMILES string of the molecule is Nc1ncnc2c1c(-c1ccccc1)cn2CCC1CCCCC1. The zero-order valence-electron chi connectivity index (χ0n) is 14.0. The molecule has 0 aliphatic heterocycles. The number of aromatic nitrogens is 3. The van der Waals surface area contributed by atoms with Gasteiger partial charge in [0.2, 0.25) is 0 Å². The van der Waals surface area contributed by atoms with E-state index in [9.17, 15) is 0 Å². The van der Waals surface area contributed by atoms with Gasteiger partial charge < -0.3 is 10.3 Å². The van der Waals surface area contributed by atoms with Gasteiger partial charge in [-0.25, -0.2) is 9.97 Å². The van der Waals surface area contributed by atoms with Crippen LogP contribution in [-0.2, 0) is 6.54 Å². The van der Waals surface area contributed by atoms with Crippen LogP contribution in [0.4, 0.5) is 5.82 Å². The van der Waals surface area contributed by atoms with Crippen LogP contribution >= 0.6 is 0 Å². The Morgan fingerprint density at radius 2 is 1.83 bits per heavy atom. The molecule has 0 radical (unpaired) electrons. The Bertz CT molecular complexity index is 816. The van der Waals surface area contributed by atoms with Crippen LogP contribution in [0, 0.1) is 5.92 Å². The molecule has 1 fully saturated rings. The predicted octanol–water partition coefficient (Wildman–Crippen LogP) is 4.65. The summed E-state index contributed by atoms with van der Waals surface area (Å²) in [6.07, 6.45) is 11.9. The van der Waals surface area contributed by atoms with Crippen molar-refractivity contribution in [2.75, 3.05) is 5.73 Å². The second kappa shape index (κ2) is 6.63. The molecule has 0 spiro atoms. The van der Waals surface area contributed by atoms with E-state index in [0.717, 1.165) is 29.1 Å². The fourth-order valence-corrected chi connectivity index (χ4v) is 3.95. The maximum Gasteiger partial charge on any atom is 0.146 e. The fraction of sp³-hybridized carbons (Fsp3) is 0.400. The Balaban J connectivity index is 1.69. The van der Waals surface area contributed by atoms with Crippen molar-refractivity contribution in [1.82, 2.24) is 14.5 Å². The molecular formula is C20H24N4. The van der Waals surface area contributed by atoms with Gasteiger partial charge in [-0.15, -0.1) is 0 Å². The van der Waals surface area contributed by atoms with Crippen LogP contribution in [0.25, 0.3) is 22.2 Å². The number of hydrogen-bond acceptors (Lipinski definition) is 3. The number of nitrogens with zero attached hydrogens (tertiary/aromatic N) is 3. The van der Waals surface area contributed by atoms with Crippen LogP contribution < -0.4 is 5.73 Å². The minimum absolute atomic E-state index is 0.565. The molecule has 2 aromatic heterocycles. The van der Waals surface area contributed by atoms with Gasteiger partial charge in [0.05, 0.1) is 5.39 Å². The highest BCUT2D eigenvalue weighted by molar-refractivity contribution is 6.00. The molecule has 4 nitrogen and oxygen atoms in total. The smallest absolute Gasteiger partial charge is 0.146 e. The fourth-order valence-electron chi connectivity index (χ4n) is 3.95. The van der Waals surface area contributed by atoms with Crippen LogP contribution in [0.3, 0.4) is 0 Å². The van der Waals surface area contributed by atoms with E-state index >= 15 is 0 Å². The zero-order chi connectivity index (χ0) is 16.4. The summed E-state index contributed by atoms with van der Waals surface area (Å²) in [7, 11) is 0. The number of hydrogen-bond donors (Lipinski definition) is 1. The lowest BCUT2D eigenvalue weighted by atomic mass is 9.87. The van der Waals surface area contributed by atoms with Crippen molar-refractivity contribution < 1.29 is 0 Å². The normalized spacial score (nSPS) is 15.8. The maximum absolute atomic E-state index is 6.18. The van der Waals surface area contributed by atoms with Crippen molar-refractivity contribution >= 4 is 16.9 Å². The topological polar surface area (TPSA) is 56.7 Å². The van der Waals surface area contributed by atoms with Gasteiger partial charge in [-0.05, 0) is 17.9 Å². The van der Waals surface area contributed by atoms with Crippen molar-refractivity contribution in [3.8, 4) is 11.1 Å². The summed E-state index contributed by atoms with van der Waals surface area (Å²) in [6, 6.07) is 10.4. The zero-order valence-corrected chi connectivity index (χ0v) is 14.0. The molecule has 2 heterocycles. The molecule has 124 valence electrons. The molecule has 2 N–H and O–H groups in total. The molecule has 0 amide bonds. The summed E-state index contributed by atoms with van der Waals surface area (Å²) in [5.41, 5.74) is 9.44. The van der Waals surface area contributed by atoms with E-state index < -0.39 is 0 Å². The maximum atomic E-state index is 6.18. The summed E-state index contributed by atoms with van der Waals surface area (Å²) >= 11 is 0. The van der Waals surface area contributed by atoms with Gasteiger partial charge >= 0.3 is 0 Å². The Labute approximate surface area is 142 Å². The van der Waals surface area contributed by atoms with Crippen LogP contribution in [0.1, 0.15) is 38.5 Å². The van der Waals surface area contributed by atoms with E-state index in [4.69, 9.17) is 5.73 Å². The number of rotatable bonds is 4. The second-order valence-corrected chi connectivity index (χ2v) is 6.85. The molecule has 1 saturated carbocycles. The Morgan fingerprint density at radius 1 is 1.04 bits per heavy atom. The minimum atomic E-state index is 0.565. The highest BCUT2D eigenvalue weighted by Crippen LogP contribution is 2.33. The number of nitrogens with two attached hydrogens (primary N) is 1. The van der Waals surface area contributed by atoms with Gasteiger partial charge in [-0.2, -0.15) is 0 Å². The van der Waals surface area contributed by atoms with Crippen molar-refractivity contribution in [3.63, 3.8) is 0 Å². The second-order valence-electron chi connectivity index (χ2n) is 6.85. The standard InChI is InChI=1S/C20H24N4/c21-19-18-17(16-9-5-2-6-10-16)13-24(20(18)23-14-22-19)12-11-15-7-3-1-4-8-15/h2,5-6,9-10,13-15H,1,3-4,7-8,11-12H2,(H2,21,22,23). The van der Waals surface area contributed by atoms with Crippen LogP contribution in [0.15, 0.2) is 42.9 Å². The highest BCUT2D eigenvalue weighted by Gasteiger charge is 2.17. The van der Waals surface area contributed by atoms with Gasteiger partial charge in [-0.1, -0.05) is 62.4 Å². The Kier molecular flexibility index (Phi) is 4.20. The molecule has 0 saturated heterocycles. The third kappa shape index (κ3) is 2.88. The largest absolute Gasteiger partial charge is 0.383 e. The van der Waals surface area contributed by atoms with Crippen LogP contribution in [-0.4, -0.2) is 14.5 Å². The molecule has 1 aliphatic carbocycles. The first-order chi connectivity index (χ1) is 11.8. The first-order valence-electron chi connectivity index (χ1n) is 8.97. The molecular weight excluding hydrogens is 296 g/mol. The van der Waals surface area contributed by atoms with Crippen LogP contribution in [0.2, 0.25) is 0 Å². The number of fused-ring (bicyclic) bond motifs is 1. The number of anilines is 1. The third-order valence-electron chi connectivity index (χ3n) is 5.27. The van der Waals surface area contributed by atoms with Crippen LogP contribution in [0.5, 0.6) is 0 Å². The number of nitrogen functional groups attached to an aromatic ring is 1. The first-order valence-corrected chi connectivity index (χ1v) is 8.97. The Morgan fingerprint density at radius 3 is 2.62 bits per heavy atom. The van der Waals surface area contributed by atoms with Gasteiger partial charge in [-0.3, -0.25) is 0 Å². The van der Waals surface area contributed by atoms with Gasteiger partial charge in [0.25, 0.3) is 0 Å².